The molecule has 0 radical (unpaired) electrons. The molecule has 0 aromatic carbocycles. The fraction of sp³-hybridized carbons (Fsp3) is 0.474. The van der Waals surface area contributed by atoms with E-state index < -0.39 is 17.8 Å². The third-order valence-corrected chi connectivity index (χ3v) is 4.53. The lowest BCUT2D eigenvalue weighted by Crippen LogP contribution is -2.31. The highest BCUT2D eigenvalue weighted by Gasteiger charge is 2.32. The van der Waals surface area contributed by atoms with Crippen LogP contribution in [-0.2, 0) is 6.18 Å². The van der Waals surface area contributed by atoms with E-state index >= 15 is 0 Å². The number of carbonyl (C=O) groups is 1. The first-order chi connectivity index (χ1) is 13.8. The van der Waals surface area contributed by atoms with Gasteiger partial charge in [-0.25, -0.2) is 4.98 Å². The zero-order valence-corrected chi connectivity index (χ0v) is 16.1. The first kappa shape index (κ1) is 20.8. The number of hydrogen-bond acceptors (Lipinski definition) is 6. The van der Waals surface area contributed by atoms with Crippen molar-refractivity contribution in [2.45, 2.75) is 32.4 Å². The number of anilines is 2. The van der Waals surface area contributed by atoms with Gasteiger partial charge in [0.1, 0.15) is 11.5 Å². The molecular weight excluding hydrogens is 385 g/mol. The zero-order valence-electron chi connectivity index (χ0n) is 16.1. The first-order valence-electron chi connectivity index (χ1n) is 9.49. The van der Waals surface area contributed by atoms with Crippen molar-refractivity contribution in [1.29, 1.82) is 0 Å². The molecule has 1 fully saturated rings. The van der Waals surface area contributed by atoms with Gasteiger partial charge in [-0.3, -0.25) is 9.78 Å². The predicted molar refractivity (Wildman–Crippen MR) is 103 cm³/mol. The van der Waals surface area contributed by atoms with Crippen LogP contribution in [0.2, 0.25) is 0 Å². The zero-order chi connectivity index (χ0) is 20.9. The van der Waals surface area contributed by atoms with Crippen LogP contribution < -0.4 is 15.5 Å². The molecule has 1 saturated heterocycles. The quantitative estimate of drug-likeness (QED) is 0.715. The Morgan fingerprint density at radius 1 is 1.14 bits per heavy atom. The van der Waals surface area contributed by atoms with E-state index in [0.29, 0.717) is 12.5 Å². The number of nitrogens with zero attached hydrogens (tertiary/aromatic N) is 4. The smallest absolute Gasteiger partial charge is 0.356 e. The van der Waals surface area contributed by atoms with E-state index in [9.17, 15) is 18.0 Å². The molecule has 0 saturated carbocycles. The minimum absolute atomic E-state index is 0.0668. The Hall–Kier alpha value is -2.91. The number of aromatic nitrogens is 3. The van der Waals surface area contributed by atoms with Crippen molar-refractivity contribution in [3.05, 3.63) is 41.3 Å². The molecule has 2 aromatic rings. The van der Waals surface area contributed by atoms with E-state index in [1.807, 2.05) is 13.0 Å². The van der Waals surface area contributed by atoms with E-state index in [2.05, 4.69) is 30.5 Å². The summed E-state index contributed by atoms with van der Waals surface area (Å²) in [4.78, 5) is 26.5. The SMILES string of the molecule is Cc1cc(N2CCCCC2)nc(NCCNC(=O)c2ccc(C(F)(F)F)nc2)n1. The summed E-state index contributed by atoms with van der Waals surface area (Å²) in [7, 11) is 0. The molecule has 3 heterocycles. The number of pyridine rings is 1. The highest BCUT2D eigenvalue weighted by Crippen LogP contribution is 2.27. The molecule has 3 rings (SSSR count). The largest absolute Gasteiger partial charge is 0.433 e. The van der Waals surface area contributed by atoms with Gasteiger partial charge in [0.05, 0.1) is 5.56 Å². The van der Waals surface area contributed by atoms with Crippen LogP contribution >= 0.6 is 0 Å². The molecule has 1 aliphatic rings. The van der Waals surface area contributed by atoms with Gasteiger partial charge in [-0.15, -0.1) is 0 Å². The van der Waals surface area contributed by atoms with Crippen LogP contribution in [-0.4, -0.2) is 47.0 Å². The van der Waals surface area contributed by atoms with Crippen molar-refractivity contribution in [1.82, 2.24) is 20.3 Å². The topological polar surface area (TPSA) is 83.0 Å². The van der Waals surface area contributed by atoms with Crippen molar-refractivity contribution in [2.24, 2.45) is 0 Å². The van der Waals surface area contributed by atoms with Gasteiger partial charge in [0.2, 0.25) is 5.95 Å². The van der Waals surface area contributed by atoms with Crippen molar-refractivity contribution in [2.75, 3.05) is 36.4 Å². The highest BCUT2D eigenvalue weighted by atomic mass is 19.4. The fourth-order valence-electron chi connectivity index (χ4n) is 3.06. The summed E-state index contributed by atoms with van der Waals surface area (Å²) in [5.74, 6) is 0.878. The lowest BCUT2D eigenvalue weighted by Gasteiger charge is -2.28. The molecule has 1 amide bonds. The second-order valence-corrected chi connectivity index (χ2v) is 6.85. The predicted octanol–water partition coefficient (Wildman–Crippen LogP) is 3.03. The Labute approximate surface area is 166 Å². The standard InChI is InChI=1S/C19H23F3N6O/c1-13-11-16(28-9-3-2-4-10-28)27-18(26-13)24-8-7-23-17(29)14-5-6-15(25-12-14)19(20,21)22/h5-6,11-12H,2-4,7-10H2,1H3,(H,23,29)(H,24,26,27). The lowest BCUT2D eigenvalue weighted by molar-refractivity contribution is -0.141. The molecule has 0 unspecified atom stereocenters. The number of rotatable bonds is 6. The monoisotopic (exact) mass is 408 g/mol. The lowest BCUT2D eigenvalue weighted by atomic mass is 10.1. The number of halogens is 3. The van der Waals surface area contributed by atoms with Crippen LogP contribution in [0.15, 0.2) is 24.4 Å². The number of alkyl halides is 3. The third kappa shape index (κ3) is 5.78. The van der Waals surface area contributed by atoms with E-state index in [4.69, 9.17) is 0 Å². The maximum atomic E-state index is 12.5. The van der Waals surface area contributed by atoms with E-state index in [-0.39, 0.29) is 12.1 Å². The van der Waals surface area contributed by atoms with Crippen molar-refractivity contribution in [3.8, 4) is 0 Å². The van der Waals surface area contributed by atoms with Crippen molar-refractivity contribution < 1.29 is 18.0 Å². The molecule has 7 nitrogen and oxygen atoms in total. The Morgan fingerprint density at radius 2 is 1.90 bits per heavy atom. The Bertz CT molecular complexity index is 835. The summed E-state index contributed by atoms with van der Waals surface area (Å²) >= 11 is 0. The van der Waals surface area contributed by atoms with E-state index in [0.717, 1.165) is 55.8 Å². The normalized spacial score (nSPS) is 14.6. The maximum absolute atomic E-state index is 12.5. The molecule has 0 aliphatic carbocycles. The number of hydrogen-bond donors (Lipinski definition) is 2. The van der Waals surface area contributed by atoms with Gasteiger partial charge < -0.3 is 15.5 Å². The van der Waals surface area contributed by atoms with Crippen molar-refractivity contribution >= 4 is 17.7 Å². The molecule has 10 heteroatoms. The van der Waals surface area contributed by atoms with Crippen LogP contribution in [0.4, 0.5) is 24.9 Å². The van der Waals surface area contributed by atoms with Gasteiger partial charge in [-0.2, -0.15) is 18.2 Å². The average Bonchev–Trinajstić information content (AvgIpc) is 2.71. The molecule has 29 heavy (non-hydrogen) atoms. The minimum Gasteiger partial charge on any atom is -0.356 e. The molecule has 2 N–H and O–H groups in total. The number of amides is 1. The molecule has 0 atom stereocenters. The molecule has 0 bridgehead atoms. The number of piperidine rings is 1. The van der Waals surface area contributed by atoms with Gasteiger partial charge in [0, 0.05) is 44.1 Å². The van der Waals surface area contributed by atoms with Gasteiger partial charge in [-0.05, 0) is 38.3 Å². The maximum Gasteiger partial charge on any atom is 0.433 e. The average molecular weight is 408 g/mol. The van der Waals surface area contributed by atoms with Gasteiger partial charge >= 0.3 is 6.18 Å². The molecule has 1 aliphatic heterocycles. The van der Waals surface area contributed by atoms with Crippen LogP contribution in [0.5, 0.6) is 0 Å². The minimum atomic E-state index is -4.53. The first-order valence-corrected chi connectivity index (χ1v) is 9.49. The Kier molecular flexibility index (Phi) is 6.50. The van der Waals surface area contributed by atoms with Gasteiger partial charge in [0.15, 0.2) is 0 Å². The summed E-state index contributed by atoms with van der Waals surface area (Å²) in [6, 6.07) is 3.85. The fourth-order valence-corrected chi connectivity index (χ4v) is 3.06. The second-order valence-electron chi connectivity index (χ2n) is 6.85. The molecule has 0 spiro atoms. The Balaban J connectivity index is 1.50. The summed E-state index contributed by atoms with van der Waals surface area (Å²) in [6.45, 7) is 4.50. The van der Waals surface area contributed by atoms with Crippen LogP contribution in [0.25, 0.3) is 0 Å². The number of nitrogens with one attached hydrogen (secondary N) is 2. The number of aryl methyl sites for hydroxylation is 1. The molecule has 156 valence electrons. The van der Waals surface area contributed by atoms with Crippen LogP contribution in [0.3, 0.4) is 0 Å². The summed E-state index contributed by atoms with van der Waals surface area (Å²) in [5, 5.41) is 5.70. The molecule has 2 aromatic heterocycles. The highest BCUT2D eigenvalue weighted by molar-refractivity contribution is 5.93. The van der Waals surface area contributed by atoms with E-state index in [1.165, 1.54) is 6.42 Å². The number of carbonyl (C=O) groups excluding carboxylic acids is 1. The third-order valence-electron chi connectivity index (χ3n) is 4.53. The second kappa shape index (κ2) is 9.06. The summed E-state index contributed by atoms with van der Waals surface area (Å²) < 4.78 is 37.6. The van der Waals surface area contributed by atoms with Crippen molar-refractivity contribution in [3.63, 3.8) is 0 Å². The van der Waals surface area contributed by atoms with Gasteiger partial charge in [0.25, 0.3) is 5.91 Å². The van der Waals surface area contributed by atoms with E-state index in [1.54, 1.807) is 0 Å². The molecular formula is C19H23F3N6O. The van der Waals surface area contributed by atoms with Crippen LogP contribution in [0.1, 0.15) is 41.0 Å². The van der Waals surface area contributed by atoms with Gasteiger partial charge in [-0.1, -0.05) is 0 Å². The summed E-state index contributed by atoms with van der Waals surface area (Å²) in [6.07, 6.45) is -0.0763. The van der Waals surface area contributed by atoms with Crippen LogP contribution in [0, 0.1) is 6.92 Å². The Morgan fingerprint density at radius 3 is 2.55 bits per heavy atom. The summed E-state index contributed by atoms with van der Waals surface area (Å²) in [5.41, 5.74) is -0.114.